The molecule has 3 aromatic rings. The monoisotopic (exact) mass is 304 g/mol. The van der Waals surface area contributed by atoms with E-state index in [1.54, 1.807) is 12.1 Å². The van der Waals surface area contributed by atoms with Crippen LogP contribution in [0.2, 0.25) is 0 Å². The summed E-state index contributed by atoms with van der Waals surface area (Å²) in [5.74, 6) is -0.636. The first-order chi connectivity index (χ1) is 10.0. The Hall–Kier alpha value is -2.18. The first kappa shape index (κ1) is 13.8. The Labute approximate surface area is 124 Å². The van der Waals surface area contributed by atoms with Crippen LogP contribution in [0.1, 0.15) is 16.6 Å². The van der Waals surface area contributed by atoms with Crippen LogP contribution in [0.5, 0.6) is 11.5 Å². The fraction of sp³-hybridized carbons (Fsp3) is 0.133. The van der Waals surface area contributed by atoms with Crippen LogP contribution in [-0.2, 0) is 6.42 Å². The fourth-order valence-corrected chi connectivity index (χ4v) is 3.11. The molecule has 2 aromatic carbocycles. The van der Waals surface area contributed by atoms with Gasteiger partial charge in [0, 0.05) is 0 Å². The van der Waals surface area contributed by atoms with Crippen LogP contribution in [0.25, 0.3) is 10.2 Å². The molecule has 0 aliphatic carbocycles. The number of nitrogens with two attached hydrogens (primary N) is 1. The van der Waals surface area contributed by atoms with Gasteiger partial charge in [-0.05, 0) is 42.3 Å². The lowest BCUT2D eigenvalue weighted by Crippen LogP contribution is -2.12. The zero-order valence-electron chi connectivity index (χ0n) is 11.0. The van der Waals surface area contributed by atoms with Crippen LogP contribution in [-0.4, -0.2) is 15.2 Å². The summed E-state index contributed by atoms with van der Waals surface area (Å²) in [5, 5.41) is 19.5. The lowest BCUT2D eigenvalue weighted by molar-refractivity contribution is 0.403. The van der Waals surface area contributed by atoms with Gasteiger partial charge in [-0.25, -0.2) is 9.37 Å². The van der Waals surface area contributed by atoms with Gasteiger partial charge in [0.1, 0.15) is 10.8 Å². The third kappa shape index (κ3) is 2.81. The van der Waals surface area contributed by atoms with Crippen molar-refractivity contribution in [3.63, 3.8) is 0 Å². The number of phenols is 2. The fourth-order valence-electron chi connectivity index (χ4n) is 2.11. The molecular formula is C15H13FN2O2S. The third-order valence-electron chi connectivity index (χ3n) is 3.18. The summed E-state index contributed by atoms with van der Waals surface area (Å²) < 4.78 is 13.9. The van der Waals surface area contributed by atoms with Crippen molar-refractivity contribution < 1.29 is 14.6 Å². The maximum absolute atomic E-state index is 13.2. The second-order valence-corrected chi connectivity index (χ2v) is 5.86. The predicted molar refractivity (Wildman–Crippen MR) is 80.0 cm³/mol. The summed E-state index contributed by atoms with van der Waals surface area (Å²) in [4.78, 5) is 4.40. The highest BCUT2D eigenvalue weighted by Crippen LogP contribution is 2.30. The van der Waals surface area contributed by atoms with Crippen molar-refractivity contribution in [2.75, 3.05) is 0 Å². The van der Waals surface area contributed by atoms with Crippen LogP contribution in [0.15, 0.2) is 36.4 Å². The van der Waals surface area contributed by atoms with Crippen molar-refractivity contribution in [1.29, 1.82) is 0 Å². The van der Waals surface area contributed by atoms with E-state index in [4.69, 9.17) is 5.73 Å². The van der Waals surface area contributed by atoms with Gasteiger partial charge in [-0.15, -0.1) is 11.3 Å². The highest BCUT2D eigenvalue weighted by atomic mass is 32.1. The Morgan fingerprint density at radius 2 is 1.95 bits per heavy atom. The minimum Gasteiger partial charge on any atom is -0.504 e. The number of rotatable bonds is 3. The molecule has 0 saturated heterocycles. The Morgan fingerprint density at radius 3 is 2.71 bits per heavy atom. The van der Waals surface area contributed by atoms with E-state index in [-0.39, 0.29) is 23.4 Å². The lowest BCUT2D eigenvalue weighted by Gasteiger charge is -2.09. The van der Waals surface area contributed by atoms with E-state index < -0.39 is 0 Å². The Kier molecular flexibility index (Phi) is 3.48. The van der Waals surface area contributed by atoms with Gasteiger partial charge in [0.25, 0.3) is 0 Å². The van der Waals surface area contributed by atoms with Gasteiger partial charge in [0.05, 0.1) is 16.3 Å². The first-order valence-electron chi connectivity index (χ1n) is 6.35. The number of phenolic OH excluding ortho intramolecular Hbond substituents is 2. The summed E-state index contributed by atoms with van der Waals surface area (Å²) >= 11 is 1.36. The van der Waals surface area contributed by atoms with E-state index in [2.05, 4.69) is 4.98 Å². The number of benzene rings is 2. The molecule has 0 bridgehead atoms. The molecule has 0 amide bonds. The SMILES string of the molecule is NC(Cc1ccc(O)c(O)c1)c1nc2ccc(F)cc2s1. The van der Waals surface area contributed by atoms with Gasteiger partial charge >= 0.3 is 0 Å². The van der Waals surface area contributed by atoms with E-state index in [0.717, 1.165) is 15.8 Å². The van der Waals surface area contributed by atoms with E-state index in [9.17, 15) is 14.6 Å². The minimum absolute atomic E-state index is 0.164. The molecular weight excluding hydrogens is 291 g/mol. The minimum atomic E-state index is -0.352. The Balaban J connectivity index is 1.85. The van der Waals surface area contributed by atoms with Crippen molar-refractivity contribution in [3.8, 4) is 11.5 Å². The summed E-state index contributed by atoms with van der Waals surface area (Å²) in [6.07, 6.45) is 0.468. The average Bonchev–Trinajstić information content (AvgIpc) is 2.86. The molecule has 3 rings (SSSR count). The molecule has 1 aromatic heterocycles. The summed E-state index contributed by atoms with van der Waals surface area (Å²) in [7, 11) is 0. The smallest absolute Gasteiger partial charge is 0.157 e. The second kappa shape index (κ2) is 5.31. The number of aromatic hydroxyl groups is 2. The van der Waals surface area contributed by atoms with E-state index in [0.29, 0.717) is 11.4 Å². The summed E-state index contributed by atoms with van der Waals surface area (Å²) in [5.41, 5.74) is 7.64. The molecule has 1 unspecified atom stereocenters. The average molecular weight is 304 g/mol. The standard InChI is InChI=1S/C15H13FN2O2S/c16-9-2-3-11-14(7-9)21-15(18-11)10(17)5-8-1-4-12(19)13(20)6-8/h1-4,6-7,10,19-20H,5,17H2. The van der Waals surface area contributed by atoms with Gasteiger partial charge < -0.3 is 15.9 Å². The third-order valence-corrected chi connectivity index (χ3v) is 4.33. The van der Waals surface area contributed by atoms with E-state index in [1.165, 1.54) is 35.6 Å². The van der Waals surface area contributed by atoms with Crippen molar-refractivity contribution in [3.05, 3.63) is 52.8 Å². The summed E-state index contributed by atoms with van der Waals surface area (Å²) in [6, 6.07) is 8.68. The lowest BCUT2D eigenvalue weighted by atomic mass is 10.1. The van der Waals surface area contributed by atoms with Crippen LogP contribution in [0, 0.1) is 5.82 Å². The molecule has 6 heteroatoms. The molecule has 4 N–H and O–H groups in total. The molecule has 0 radical (unpaired) electrons. The van der Waals surface area contributed by atoms with Gasteiger partial charge in [-0.2, -0.15) is 0 Å². The van der Waals surface area contributed by atoms with Crippen molar-refractivity contribution in [1.82, 2.24) is 4.98 Å². The number of nitrogens with zero attached hydrogens (tertiary/aromatic N) is 1. The molecule has 4 nitrogen and oxygen atoms in total. The predicted octanol–water partition coefficient (Wildman–Crippen LogP) is 3.09. The molecule has 0 aliphatic rings. The molecule has 21 heavy (non-hydrogen) atoms. The Morgan fingerprint density at radius 1 is 1.14 bits per heavy atom. The zero-order chi connectivity index (χ0) is 15.0. The molecule has 1 heterocycles. The maximum Gasteiger partial charge on any atom is 0.157 e. The Bertz CT molecular complexity index is 803. The maximum atomic E-state index is 13.2. The van der Waals surface area contributed by atoms with Gasteiger partial charge in [-0.3, -0.25) is 0 Å². The number of halogens is 1. The molecule has 0 fully saturated rings. The highest BCUT2D eigenvalue weighted by Gasteiger charge is 2.14. The number of aromatic nitrogens is 1. The number of hydrogen-bond acceptors (Lipinski definition) is 5. The number of thiazole rings is 1. The van der Waals surface area contributed by atoms with E-state index in [1.807, 2.05) is 0 Å². The molecule has 1 atom stereocenters. The van der Waals surface area contributed by atoms with Crippen molar-refractivity contribution >= 4 is 21.6 Å². The summed E-state index contributed by atoms with van der Waals surface area (Å²) in [6.45, 7) is 0. The van der Waals surface area contributed by atoms with Crippen LogP contribution >= 0.6 is 11.3 Å². The van der Waals surface area contributed by atoms with Crippen LogP contribution < -0.4 is 5.73 Å². The molecule has 0 saturated carbocycles. The first-order valence-corrected chi connectivity index (χ1v) is 7.17. The molecule has 0 aliphatic heterocycles. The largest absolute Gasteiger partial charge is 0.504 e. The van der Waals surface area contributed by atoms with Gasteiger partial charge in [-0.1, -0.05) is 6.07 Å². The normalized spacial score (nSPS) is 12.7. The van der Waals surface area contributed by atoms with Gasteiger partial charge in [0.15, 0.2) is 11.5 Å². The number of hydrogen-bond donors (Lipinski definition) is 3. The second-order valence-electron chi connectivity index (χ2n) is 4.80. The van der Waals surface area contributed by atoms with Crippen LogP contribution in [0.4, 0.5) is 4.39 Å². The quantitative estimate of drug-likeness (QED) is 0.650. The molecule has 0 spiro atoms. The topological polar surface area (TPSA) is 79.4 Å². The molecule has 108 valence electrons. The zero-order valence-corrected chi connectivity index (χ0v) is 11.8. The number of fused-ring (bicyclic) bond motifs is 1. The van der Waals surface area contributed by atoms with Crippen LogP contribution in [0.3, 0.4) is 0 Å². The van der Waals surface area contributed by atoms with Gasteiger partial charge in [0.2, 0.25) is 0 Å². The van der Waals surface area contributed by atoms with Crippen molar-refractivity contribution in [2.45, 2.75) is 12.5 Å². The highest BCUT2D eigenvalue weighted by molar-refractivity contribution is 7.18. The van der Waals surface area contributed by atoms with E-state index >= 15 is 0 Å². The van der Waals surface area contributed by atoms with Crippen molar-refractivity contribution in [2.24, 2.45) is 5.73 Å².